The van der Waals surface area contributed by atoms with Crippen LogP contribution in [0, 0.1) is 18.3 Å². The molecule has 0 unspecified atom stereocenters. The van der Waals surface area contributed by atoms with Crippen LogP contribution in [0.2, 0.25) is 0 Å². The highest BCUT2D eigenvalue weighted by Gasteiger charge is 2.23. The van der Waals surface area contributed by atoms with Crippen LogP contribution >= 0.6 is 0 Å². The predicted molar refractivity (Wildman–Crippen MR) is 115 cm³/mol. The Kier molecular flexibility index (Phi) is 4.37. The van der Waals surface area contributed by atoms with Gasteiger partial charge in [-0.1, -0.05) is 35.0 Å². The van der Waals surface area contributed by atoms with E-state index in [1.165, 1.54) is 0 Å². The fraction of sp³-hybridized carbons (Fsp3) is 0.174. The first-order valence-electron chi connectivity index (χ1n) is 9.86. The van der Waals surface area contributed by atoms with Crippen LogP contribution in [-0.4, -0.2) is 25.0 Å². The summed E-state index contributed by atoms with van der Waals surface area (Å²) in [4.78, 5) is 8.98. The average molecular weight is 409 g/mol. The smallest absolute Gasteiger partial charge is 0.190 e. The molecule has 0 fully saturated rings. The summed E-state index contributed by atoms with van der Waals surface area (Å²) in [5.41, 5.74) is 12.4. The number of aryl methyl sites for hydroxylation is 1. The first-order chi connectivity index (χ1) is 15.0. The van der Waals surface area contributed by atoms with E-state index in [1.54, 1.807) is 23.1 Å². The summed E-state index contributed by atoms with van der Waals surface area (Å²) in [7, 11) is 0. The van der Waals surface area contributed by atoms with Gasteiger partial charge in [-0.3, -0.25) is 4.98 Å². The molecule has 1 atom stereocenters. The molecule has 0 amide bonds. The molecular formula is C23H19N7O. The maximum atomic E-state index is 9.60. The minimum absolute atomic E-state index is 0.212. The third kappa shape index (κ3) is 3.16. The Morgan fingerprint density at radius 3 is 2.94 bits per heavy atom. The second kappa shape index (κ2) is 7.22. The molecule has 4 heterocycles. The number of fused-ring (bicyclic) bond motifs is 7. The number of hydrogen-bond donors (Lipinski definition) is 1. The van der Waals surface area contributed by atoms with Crippen LogP contribution in [0.15, 0.2) is 48.8 Å². The van der Waals surface area contributed by atoms with E-state index in [-0.39, 0.29) is 17.6 Å². The molecule has 8 nitrogen and oxygen atoms in total. The summed E-state index contributed by atoms with van der Waals surface area (Å²) in [6.45, 7) is 4.42. The van der Waals surface area contributed by atoms with E-state index in [9.17, 15) is 5.26 Å². The minimum Gasteiger partial charge on any atom is -0.482 e. The Labute approximate surface area is 179 Å². The van der Waals surface area contributed by atoms with Crippen LogP contribution < -0.4 is 10.5 Å². The molecule has 5 rings (SSSR count). The number of pyridine rings is 2. The fourth-order valence-electron chi connectivity index (χ4n) is 3.92. The van der Waals surface area contributed by atoms with Crippen molar-refractivity contribution in [3.05, 3.63) is 71.2 Å². The SMILES string of the molecule is Cc1ccc2c(c1)[C@@H](C)Oc1cc(cnc1N)-c1c(C#N)nnn1Cc1cccnc1-2. The highest BCUT2D eigenvalue weighted by atomic mass is 16.5. The highest BCUT2D eigenvalue weighted by molar-refractivity contribution is 5.71. The molecule has 3 aromatic heterocycles. The average Bonchev–Trinajstić information content (AvgIpc) is 3.17. The molecule has 0 saturated heterocycles. The third-order valence-electron chi connectivity index (χ3n) is 5.41. The summed E-state index contributed by atoms with van der Waals surface area (Å²) in [6, 6.07) is 14.0. The van der Waals surface area contributed by atoms with Gasteiger partial charge in [0.15, 0.2) is 17.3 Å². The Hall–Kier alpha value is -4.25. The second-order valence-corrected chi connectivity index (χ2v) is 7.53. The molecule has 1 aromatic carbocycles. The second-order valence-electron chi connectivity index (χ2n) is 7.53. The lowest BCUT2D eigenvalue weighted by atomic mass is 9.95. The predicted octanol–water partition coefficient (Wildman–Crippen LogP) is 3.67. The molecular weight excluding hydrogens is 390 g/mol. The molecule has 0 aliphatic carbocycles. The van der Waals surface area contributed by atoms with Gasteiger partial charge in [0, 0.05) is 29.1 Å². The lowest BCUT2D eigenvalue weighted by Crippen LogP contribution is -2.12. The number of aromatic nitrogens is 5. The molecule has 0 saturated carbocycles. The summed E-state index contributed by atoms with van der Waals surface area (Å²) in [5, 5.41) is 17.9. The maximum Gasteiger partial charge on any atom is 0.190 e. The number of anilines is 1. The minimum atomic E-state index is -0.304. The Morgan fingerprint density at radius 1 is 1.23 bits per heavy atom. The number of nitrogens with two attached hydrogens (primary N) is 1. The molecule has 31 heavy (non-hydrogen) atoms. The van der Waals surface area contributed by atoms with Crippen LogP contribution in [0.3, 0.4) is 0 Å². The van der Waals surface area contributed by atoms with Gasteiger partial charge in [-0.15, -0.1) is 5.10 Å². The van der Waals surface area contributed by atoms with Crippen molar-refractivity contribution in [2.75, 3.05) is 5.73 Å². The Morgan fingerprint density at radius 2 is 2.10 bits per heavy atom. The number of nitrogen functional groups attached to an aromatic ring is 1. The van der Waals surface area contributed by atoms with Gasteiger partial charge in [0.05, 0.1) is 12.2 Å². The summed E-state index contributed by atoms with van der Waals surface area (Å²) in [6.07, 6.45) is 3.08. The molecule has 152 valence electrons. The number of nitrogens with zero attached hydrogens (tertiary/aromatic N) is 6. The van der Waals surface area contributed by atoms with Crippen LogP contribution in [0.1, 0.15) is 35.4 Å². The van der Waals surface area contributed by atoms with Gasteiger partial charge in [0.25, 0.3) is 0 Å². The fourth-order valence-corrected chi connectivity index (χ4v) is 3.92. The van der Waals surface area contributed by atoms with Crippen molar-refractivity contribution in [3.63, 3.8) is 0 Å². The standard InChI is InChI=1S/C23H19N7O/c1-13-5-6-17-18(8-13)14(2)31-20-9-16(11-27-23(20)25)22-19(10-24)28-29-30(22)12-15-4-3-7-26-21(15)17/h3-9,11,14H,12H2,1-2H3,(H2,25,27)/t14-/m1/s1. The summed E-state index contributed by atoms with van der Waals surface area (Å²) >= 11 is 0. The molecule has 8 heteroatoms. The van der Waals surface area contributed by atoms with Crippen LogP contribution in [-0.2, 0) is 6.54 Å². The lowest BCUT2D eigenvalue weighted by Gasteiger charge is -2.22. The van der Waals surface area contributed by atoms with Crippen molar-refractivity contribution in [3.8, 4) is 34.3 Å². The number of rotatable bonds is 0. The zero-order valence-corrected chi connectivity index (χ0v) is 17.1. The topological polar surface area (TPSA) is 116 Å². The van der Waals surface area contributed by atoms with Crippen molar-refractivity contribution in [1.29, 1.82) is 5.26 Å². The van der Waals surface area contributed by atoms with E-state index in [0.29, 0.717) is 23.6 Å². The zero-order chi connectivity index (χ0) is 21.5. The Balaban J connectivity index is 1.83. The van der Waals surface area contributed by atoms with Gasteiger partial charge >= 0.3 is 0 Å². The van der Waals surface area contributed by atoms with E-state index >= 15 is 0 Å². The van der Waals surface area contributed by atoms with Crippen molar-refractivity contribution >= 4 is 5.82 Å². The molecule has 1 aliphatic heterocycles. The third-order valence-corrected chi connectivity index (χ3v) is 5.41. The Bertz CT molecular complexity index is 1350. The van der Waals surface area contributed by atoms with Gasteiger partial charge in [0.1, 0.15) is 17.9 Å². The van der Waals surface area contributed by atoms with Crippen LogP contribution in [0.5, 0.6) is 5.75 Å². The maximum absolute atomic E-state index is 9.60. The van der Waals surface area contributed by atoms with Crippen LogP contribution in [0.25, 0.3) is 22.5 Å². The summed E-state index contributed by atoms with van der Waals surface area (Å²) in [5.74, 6) is 0.717. The molecule has 4 aromatic rings. The normalized spacial score (nSPS) is 14.7. The van der Waals surface area contributed by atoms with Crippen molar-refractivity contribution in [1.82, 2.24) is 25.0 Å². The highest BCUT2D eigenvalue weighted by Crippen LogP contribution is 2.37. The first kappa shape index (κ1) is 18.8. The van der Waals surface area contributed by atoms with E-state index in [4.69, 9.17) is 10.5 Å². The van der Waals surface area contributed by atoms with E-state index in [1.807, 2.05) is 26.0 Å². The van der Waals surface area contributed by atoms with Crippen LogP contribution in [0.4, 0.5) is 5.82 Å². The molecule has 0 spiro atoms. The number of nitriles is 1. The van der Waals surface area contributed by atoms with Crippen molar-refractivity contribution in [2.24, 2.45) is 0 Å². The van der Waals surface area contributed by atoms with Crippen molar-refractivity contribution < 1.29 is 4.74 Å². The van der Waals surface area contributed by atoms with E-state index in [0.717, 1.165) is 27.9 Å². The molecule has 0 radical (unpaired) electrons. The van der Waals surface area contributed by atoms with Gasteiger partial charge < -0.3 is 10.5 Å². The van der Waals surface area contributed by atoms with Gasteiger partial charge in [0.2, 0.25) is 0 Å². The zero-order valence-electron chi connectivity index (χ0n) is 17.1. The number of hydrogen-bond acceptors (Lipinski definition) is 7. The molecule has 2 N–H and O–H groups in total. The monoisotopic (exact) mass is 409 g/mol. The largest absolute Gasteiger partial charge is 0.482 e. The number of ether oxygens (including phenoxy) is 1. The first-order valence-corrected chi connectivity index (χ1v) is 9.86. The van der Waals surface area contributed by atoms with Gasteiger partial charge in [-0.2, -0.15) is 5.26 Å². The van der Waals surface area contributed by atoms with Crippen molar-refractivity contribution in [2.45, 2.75) is 26.5 Å². The van der Waals surface area contributed by atoms with E-state index < -0.39 is 0 Å². The summed E-state index contributed by atoms with van der Waals surface area (Å²) < 4.78 is 7.96. The quantitative estimate of drug-likeness (QED) is 0.471. The molecule has 1 aliphatic rings. The van der Waals surface area contributed by atoms with E-state index in [2.05, 4.69) is 44.5 Å². The number of benzene rings is 1. The lowest BCUT2D eigenvalue weighted by molar-refractivity contribution is 0.228. The van der Waals surface area contributed by atoms with Gasteiger partial charge in [-0.05, 0) is 31.5 Å². The van der Waals surface area contributed by atoms with Gasteiger partial charge in [-0.25, -0.2) is 9.67 Å². The molecule has 2 bridgehead atoms.